The zero-order chi connectivity index (χ0) is 20.5. The van der Waals surface area contributed by atoms with E-state index in [1.54, 1.807) is 33.7 Å². The zero-order valence-electron chi connectivity index (χ0n) is 15.8. The fraction of sp³-hybridized carbons (Fsp3) is 0.316. The van der Waals surface area contributed by atoms with Crippen LogP contribution in [-0.2, 0) is 6.42 Å². The monoisotopic (exact) mass is 414 g/mol. The summed E-state index contributed by atoms with van der Waals surface area (Å²) in [7, 11) is 0. The van der Waals surface area contributed by atoms with Crippen molar-refractivity contribution in [1.29, 1.82) is 0 Å². The Kier molecular flexibility index (Phi) is 5.06. The Bertz CT molecular complexity index is 1070. The molecule has 1 amide bonds. The van der Waals surface area contributed by atoms with E-state index >= 15 is 0 Å². The van der Waals surface area contributed by atoms with Crippen LogP contribution in [0.2, 0.25) is 5.02 Å². The van der Waals surface area contributed by atoms with Crippen LogP contribution in [-0.4, -0.2) is 56.3 Å². The first-order valence-electron chi connectivity index (χ1n) is 9.29. The van der Waals surface area contributed by atoms with Crippen molar-refractivity contribution in [2.24, 2.45) is 0 Å². The molecule has 0 atom stereocenters. The number of aryl methyl sites for hydroxylation is 1. The maximum Gasteiger partial charge on any atom is 0.287 e. The van der Waals surface area contributed by atoms with Gasteiger partial charge in [-0.05, 0) is 24.6 Å². The van der Waals surface area contributed by atoms with Crippen molar-refractivity contribution < 1.29 is 9.72 Å². The molecule has 1 aliphatic rings. The maximum atomic E-state index is 13.2. The molecule has 0 saturated carbocycles. The van der Waals surface area contributed by atoms with Crippen LogP contribution < -0.4 is 4.90 Å². The van der Waals surface area contributed by atoms with Gasteiger partial charge in [-0.25, -0.2) is 9.97 Å². The lowest BCUT2D eigenvalue weighted by Gasteiger charge is -2.35. The summed E-state index contributed by atoms with van der Waals surface area (Å²) in [6.07, 6.45) is 3.61. The zero-order valence-corrected chi connectivity index (χ0v) is 16.5. The number of hydrogen-bond acceptors (Lipinski definition) is 6. The molecule has 0 aromatic carbocycles. The van der Waals surface area contributed by atoms with Crippen LogP contribution in [0.25, 0.3) is 5.65 Å². The quantitative estimate of drug-likeness (QED) is 0.481. The van der Waals surface area contributed by atoms with E-state index < -0.39 is 4.92 Å². The first-order chi connectivity index (χ1) is 14.0. The third-order valence-corrected chi connectivity index (χ3v) is 5.25. The van der Waals surface area contributed by atoms with Crippen LogP contribution in [0.3, 0.4) is 0 Å². The van der Waals surface area contributed by atoms with Crippen LogP contribution in [0, 0.1) is 10.1 Å². The normalized spacial score (nSPS) is 14.4. The van der Waals surface area contributed by atoms with Gasteiger partial charge in [-0.2, -0.15) is 0 Å². The summed E-state index contributed by atoms with van der Waals surface area (Å²) < 4.78 is 1.76. The van der Waals surface area contributed by atoms with Gasteiger partial charge in [-0.15, -0.1) is 0 Å². The Morgan fingerprint density at radius 3 is 2.59 bits per heavy atom. The van der Waals surface area contributed by atoms with Gasteiger partial charge in [-0.1, -0.05) is 18.5 Å². The van der Waals surface area contributed by atoms with Crippen molar-refractivity contribution in [2.45, 2.75) is 13.3 Å². The number of nitro groups is 1. The molecule has 10 heteroatoms. The number of halogens is 1. The average molecular weight is 415 g/mol. The van der Waals surface area contributed by atoms with Crippen LogP contribution in [0.4, 0.5) is 11.5 Å². The van der Waals surface area contributed by atoms with E-state index in [0.717, 1.165) is 5.69 Å². The lowest BCUT2D eigenvalue weighted by Crippen LogP contribution is -2.49. The van der Waals surface area contributed by atoms with Crippen molar-refractivity contribution in [3.05, 3.63) is 63.2 Å². The van der Waals surface area contributed by atoms with Gasteiger partial charge in [-0.3, -0.25) is 19.3 Å². The van der Waals surface area contributed by atoms with Crippen LogP contribution >= 0.6 is 11.6 Å². The fourth-order valence-corrected chi connectivity index (χ4v) is 3.66. The minimum atomic E-state index is -0.471. The Balaban J connectivity index is 1.51. The topological polar surface area (TPSA) is 96.9 Å². The molecule has 29 heavy (non-hydrogen) atoms. The Morgan fingerprint density at radius 2 is 1.97 bits per heavy atom. The van der Waals surface area contributed by atoms with Crippen molar-refractivity contribution in [1.82, 2.24) is 19.3 Å². The molecular formula is C19H19ClN6O3. The van der Waals surface area contributed by atoms with Crippen molar-refractivity contribution in [3.8, 4) is 0 Å². The second-order valence-corrected chi connectivity index (χ2v) is 7.18. The number of aromatic nitrogens is 3. The Hall–Kier alpha value is -3.20. The van der Waals surface area contributed by atoms with E-state index in [-0.39, 0.29) is 11.6 Å². The van der Waals surface area contributed by atoms with Crippen LogP contribution in [0.5, 0.6) is 0 Å². The number of carbonyl (C=O) groups is 1. The minimum absolute atomic E-state index is 0.0408. The molecule has 0 aliphatic carbocycles. The van der Waals surface area contributed by atoms with Gasteiger partial charge >= 0.3 is 0 Å². The van der Waals surface area contributed by atoms with E-state index in [9.17, 15) is 14.9 Å². The highest BCUT2D eigenvalue weighted by Gasteiger charge is 2.27. The molecule has 4 rings (SSSR count). The Labute approximate surface area is 171 Å². The van der Waals surface area contributed by atoms with Gasteiger partial charge in [0.25, 0.3) is 11.6 Å². The molecular weight excluding hydrogens is 396 g/mol. The van der Waals surface area contributed by atoms with E-state index in [1.165, 1.54) is 12.3 Å². The molecule has 0 radical (unpaired) electrons. The second-order valence-electron chi connectivity index (χ2n) is 6.75. The number of pyridine rings is 2. The highest BCUT2D eigenvalue weighted by atomic mass is 35.5. The van der Waals surface area contributed by atoms with E-state index in [0.29, 0.717) is 54.8 Å². The summed E-state index contributed by atoms with van der Waals surface area (Å²) in [4.78, 5) is 36.1. The van der Waals surface area contributed by atoms with Crippen LogP contribution in [0.15, 0.2) is 36.7 Å². The number of anilines is 1. The van der Waals surface area contributed by atoms with Gasteiger partial charge < -0.3 is 9.80 Å². The lowest BCUT2D eigenvalue weighted by molar-refractivity contribution is -0.385. The Morgan fingerprint density at radius 1 is 1.21 bits per heavy atom. The molecule has 1 saturated heterocycles. The molecule has 0 spiro atoms. The standard InChI is InChI=1S/C19H19ClN6O3/c1-2-15-18(25-12-13(20)3-5-17(25)22-15)19(27)24-9-7-23(8-10-24)16-6-4-14(11-21-16)26(28)29/h3-6,11-12H,2,7-10H2,1H3. The highest BCUT2D eigenvalue weighted by molar-refractivity contribution is 6.30. The molecule has 3 aromatic heterocycles. The summed E-state index contributed by atoms with van der Waals surface area (Å²) in [5, 5.41) is 11.3. The third kappa shape index (κ3) is 3.61. The number of fused-ring (bicyclic) bond motifs is 1. The number of imidazole rings is 1. The summed E-state index contributed by atoms with van der Waals surface area (Å²) in [6.45, 7) is 4.20. The third-order valence-electron chi connectivity index (χ3n) is 5.03. The molecule has 0 N–H and O–H groups in total. The number of nitrogens with zero attached hydrogens (tertiary/aromatic N) is 6. The molecule has 4 heterocycles. The predicted octanol–water partition coefficient (Wildman–Crippen LogP) is 2.82. The van der Waals surface area contributed by atoms with Crippen LogP contribution in [0.1, 0.15) is 23.1 Å². The average Bonchev–Trinajstić information content (AvgIpc) is 3.11. The van der Waals surface area contributed by atoms with Gasteiger partial charge in [0.15, 0.2) is 0 Å². The highest BCUT2D eigenvalue weighted by Crippen LogP contribution is 2.21. The predicted molar refractivity (Wildman–Crippen MR) is 109 cm³/mol. The summed E-state index contributed by atoms with van der Waals surface area (Å²) >= 11 is 6.12. The lowest BCUT2D eigenvalue weighted by atomic mass is 10.2. The van der Waals surface area contributed by atoms with E-state index in [2.05, 4.69) is 9.97 Å². The largest absolute Gasteiger partial charge is 0.353 e. The van der Waals surface area contributed by atoms with Gasteiger partial charge in [0.2, 0.25) is 0 Å². The van der Waals surface area contributed by atoms with Gasteiger partial charge in [0.05, 0.1) is 15.6 Å². The van der Waals surface area contributed by atoms with Crippen molar-refractivity contribution >= 4 is 34.7 Å². The number of rotatable bonds is 4. The minimum Gasteiger partial charge on any atom is -0.353 e. The number of amides is 1. The first kappa shape index (κ1) is 19.1. The van der Waals surface area contributed by atoms with E-state index in [4.69, 9.17) is 11.6 Å². The number of piperazine rings is 1. The summed E-state index contributed by atoms with van der Waals surface area (Å²) in [5.74, 6) is 0.589. The molecule has 150 valence electrons. The smallest absolute Gasteiger partial charge is 0.287 e. The van der Waals surface area contributed by atoms with E-state index in [1.807, 2.05) is 11.8 Å². The van der Waals surface area contributed by atoms with Crippen molar-refractivity contribution in [3.63, 3.8) is 0 Å². The number of hydrogen-bond donors (Lipinski definition) is 0. The molecule has 9 nitrogen and oxygen atoms in total. The van der Waals surface area contributed by atoms with Gasteiger partial charge in [0, 0.05) is 38.4 Å². The molecule has 3 aromatic rings. The molecule has 0 unspecified atom stereocenters. The second kappa shape index (κ2) is 7.67. The molecule has 1 fully saturated rings. The van der Waals surface area contributed by atoms with Gasteiger partial charge in [0.1, 0.15) is 23.4 Å². The summed E-state index contributed by atoms with van der Waals surface area (Å²) in [6, 6.07) is 6.64. The molecule has 0 bridgehead atoms. The SMILES string of the molecule is CCc1nc2ccc(Cl)cn2c1C(=O)N1CCN(c2ccc([N+](=O)[O-])cn2)CC1. The maximum absolute atomic E-state index is 13.2. The summed E-state index contributed by atoms with van der Waals surface area (Å²) in [5.41, 5.74) is 1.95. The fourth-order valence-electron chi connectivity index (χ4n) is 3.50. The number of carbonyl (C=O) groups excluding carboxylic acids is 1. The van der Waals surface area contributed by atoms with Crippen molar-refractivity contribution in [2.75, 3.05) is 31.1 Å². The molecule has 1 aliphatic heterocycles. The first-order valence-corrected chi connectivity index (χ1v) is 9.67.